The molecule has 0 aromatic carbocycles. The first-order chi connectivity index (χ1) is 8.85. The average Bonchev–Trinajstić information content (AvgIpc) is 2.27. The molecule has 1 atom stereocenters. The van der Waals surface area contributed by atoms with Gasteiger partial charge in [0.05, 0.1) is 11.8 Å². The quantitative estimate of drug-likeness (QED) is 0.742. The van der Waals surface area contributed by atoms with Crippen LogP contribution in [0.15, 0.2) is 0 Å². The predicted octanol–water partition coefficient (Wildman–Crippen LogP) is 3.55. The Morgan fingerprint density at radius 1 is 1.16 bits per heavy atom. The maximum absolute atomic E-state index is 11.7. The van der Waals surface area contributed by atoms with Crippen LogP contribution in [-0.4, -0.2) is 22.2 Å². The molecule has 110 valence electrons. The molecule has 19 heavy (non-hydrogen) atoms. The topological polar surface area (TPSA) is 74.6 Å². The first-order valence-electron chi connectivity index (χ1n) is 7.31. The molecule has 1 unspecified atom stereocenters. The third kappa shape index (κ3) is 4.84. The van der Waals surface area contributed by atoms with Crippen molar-refractivity contribution < 1.29 is 19.8 Å². The van der Waals surface area contributed by atoms with E-state index in [1.54, 1.807) is 0 Å². The molecule has 4 heteroatoms. The highest BCUT2D eigenvalue weighted by molar-refractivity contribution is 5.81. The standard InChI is InChI=1S/C15H26O4/c1-11(2)8-15(14(18)19,10-13(16)17)9-12-6-4-3-5-7-12/h11-12H,3-10H2,1-2H3,(H,16,17)(H,18,19). The molecule has 1 saturated carbocycles. The van der Waals surface area contributed by atoms with Crippen molar-refractivity contribution in [3.05, 3.63) is 0 Å². The smallest absolute Gasteiger partial charge is 0.310 e. The lowest BCUT2D eigenvalue weighted by atomic mass is 9.69. The summed E-state index contributed by atoms with van der Waals surface area (Å²) in [6.07, 6.45) is 6.33. The van der Waals surface area contributed by atoms with Crippen molar-refractivity contribution in [1.29, 1.82) is 0 Å². The van der Waals surface area contributed by atoms with Crippen LogP contribution in [0.2, 0.25) is 0 Å². The van der Waals surface area contributed by atoms with Crippen LogP contribution in [0, 0.1) is 17.3 Å². The summed E-state index contributed by atoms with van der Waals surface area (Å²) in [5, 5.41) is 18.7. The number of carboxylic acids is 2. The molecule has 1 rings (SSSR count). The Balaban J connectivity index is 2.85. The van der Waals surface area contributed by atoms with Gasteiger partial charge in [0.2, 0.25) is 0 Å². The number of aliphatic carboxylic acids is 2. The fraction of sp³-hybridized carbons (Fsp3) is 0.867. The van der Waals surface area contributed by atoms with Crippen molar-refractivity contribution in [1.82, 2.24) is 0 Å². The second-order valence-electron chi connectivity index (χ2n) is 6.46. The summed E-state index contributed by atoms with van der Waals surface area (Å²) in [5.74, 6) is -1.37. The first kappa shape index (κ1) is 16.0. The van der Waals surface area contributed by atoms with Gasteiger partial charge in [0.25, 0.3) is 0 Å². The fourth-order valence-electron chi connectivity index (χ4n) is 3.49. The highest BCUT2D eigenvalue weighted by atomic mass is 16.4. The highest BCUT2D eigenvalue weighted by Gasteiger charge is 2.43. The van der Waals surface area contributed by atoms with Gasteiger partial charge >= 0.3 is 11.9 Å². The minimum Gasteiger partial charge on any atom is -0.481 e. The summed E-state index contributed by atoms with van der Waals surface area (Å²) in [7, 11) is 0. The van der Waals surface area contributed by atoms with Crippen LogP contribution in [0.25, 0.3) is 0 Å². The van der Waals surface area contributed by atoms with Gasteiger partial charge in [-0.15, -0.1) is 0 Å². The Morgan fingerprint density at radius 2 is 1.74 bits per heavy atom. The van der Waals surface area contributed by atoms with Crippen LogP contribution in [-0.2, 0) is 9.59 Å². The van der Waals surface area contributed by atoms with Gasteiger partial charge in [-0.25, -0.2) is 0 Å². The van der Waals surface area contributed by atoms with Crippen molar-refractivity contribution in [3.8, 4) is 0 Å². The lowest BCUT2D eigenvalue weighted by Crippen LogP contribution is -2.37. The molecular formula is C15H26O4. The van der Waals surface area contributed by atoms with E-state index in [2.05, 4.69) is 0 Å². The van der Waals surface area contributed by atoms with E-state index in [0.29, 0.717) is 18.8 Å². The molecule has 0 aliphatic heterocycles. The molecule has 0 radical (unpaired) electrons. The molecular weight excluding hydrogens is 244 g/mol. The van der Waals surface area contributed by atoms with Gasteiger partial charge in [-0.1, -0.05) is 46.0 Å². The maximum Gasteiger partial charge on any atom is 0.310 e. The molecule has 0 heterocycles. The van der Waals surface area contributed by atoms with Crippen LogP contribution >= 0.6 is 0 Å². The van der Waals surface area contributed by atoms with E-state index in [4.69, 9.17) is 5.11 Å². The van der Waals surface area contributed by atoms with Gasteiger partial charge in [-0.2, -0.15) is 0 Å². The van der Waals surface area contributed by atoms with Crippen LogP contribution < -0.4 is 0 Å². The lowest BCUT2D eigenvalue weighted by molar-refractivity contribution is -0.158. The molecule has 2 N–H and O–H groups in total. The van der Waals surface area contributed by atoms with Gasteiger partial charge in [0.15, 0.2) is 0 Å². The largest absolute Gasteiger partial charge is 0.481 e. The molecule has 4 nitrogen and oxygen atoms in total. The first-order valence-corrected chi connectivity index (χ1v) is 7.31. The zero-order chi connectivity index (χ0) is 14.5. The van der Waals surface area contributed by atoms with Gasteiger partial charge in [-0.3, -0.25) is 9.59 Å². The average molecular weight is 270 g/mol. The van der Waals surface area contributed by atoms with Crippen molar-refractivity contribution in [3.63, 3.8) is 0 Å². The zero-order valence-corrected chi connectivity index (χ0v) is 12.0. The molecule has 0 aromatic heterocycles. The van der Waals surface area contributed by atoms with E-state index < -0.39 is 17.4 Å². The normalized spacial score (nSPS) is 20.2. The van der Waals surface area contributed by atoms with E-state index in [-0.39, 0.29) is 12.3 Å². The molecule has 0 spiro atoms. The Morgan fingerprint density at radius 3 is 2.16 bits per heavy atom. The number of hydrogen-bond acceptors (Lipinski definition) is 2. The third-order valence-corrected chi connectivity index (χ3v) is 4.15. The van der Waals surface area contributed by atoms with Gasteiger partial charge in [-0.05, 0) is 24.7 Å². The Kier molecular flexibility index (Phi) is 5.83. The highest BCUT2D eigenvalue weighted by Crippen LogP contribution is 2.41. The monoisotopic (exact) mass is 270 g/mol. The van der Waals surface area contributed by atoms with Gasteiger partial charge in [0.1, 0.15) is 0 Å². The van der Waals surface area contributed by atoms with E-state index in [9.17, 15) is 14.7 Å². The number of hydrogen-bond donors (Lipinski definition) is 2. The molecule has 0 saturated heterocycles. The lowest BCUT2D eigenvalue weighted by Gasteiger charge is -2.34. The Labute approximate surface area is 115 Å². The van der Waals surface area contributed by atoms with E-state index in [1.807, 2.05) is 13.8 Å². The Hall–Kier alpha value is -1.06. The minimum absolute atomic E-state index is 0.194. The minimum atomic E-state index is -1.08. The number of carbonyl (C=O) groups is 2. The van der Waals surface area contributed by atoms with Gasteiger partial charge < -0.3 is 10.2 Å². The van der Waals surface area contributed by atoms with Crippen LogP contribution in [0.3, 0.4) is 0 Å². The second kappa shape index (κ2) is 6.92. The summed E-state index contributed by atoms with van der Waals surface area (Å²) in [4.78, 5) is 22.8. The van der Waals surface area contributed by atoms with Crippen molar-refractivity contribution in [2.24, 2.45) is 17.3 Å². The molecule has 0 bridgehead atoms. The number of carboxylic acid groups (broad SMARTS) is 2. The third-order valence-electron chi connectivity index (χ3n) is 4.15. The van der Waals surface area contributed by atoms with E-state index in [0.717, 1.165) is 25.7 Å². The summed E-state index contributed by atoms with van der Waals surface area (Å²) in [5.41, 5.74) is -1.08. The molecule has 1 fully saturated rings. The maximum atomic E-state index is 11.7. The SMILES string of the molecule is CC(C)CC(CC(=O)O)(CC1CCCCC1)C(=O)O. The van der Waals surface area contributed by atoms with Crippen LogP contribution in [0.1, 0.15) is 65.2 Å². The second-order valence-corrected chi connectivity index (χ2v) is 6.46. The van der Waals surface area contributed by atoms with Crippen LogP contribution in [0.4, 0.5) is 0 Å². The van der Waals surface area contributed by atoms with Crippen LogP contribution in [0.5, 0.6) is 0 Å². The summed E-state index contributed by atoms with van der Waals surface area (Å²) >= 11 is 0. The molecule has 1 aliphatic rings. The number of rotatable bonds is 7. The summed E-state index contributed by atoms with van der Waals surface area (Å²) < 4.78 is 0. The van der Waals surface area contributed by atoms with Crippen molar-refractivity contribution in [2.75, 3.05) is 0 Å². The fourth-order valence-corrected chi connectivity index (χ4v) is 3.49. The summed E-state index contributed by atoms with van der Waals surface area (Å²) in [6, 6.07) is 0. The summed E-state index contributed by atoms with van der Waals surface area (Å²) in [6.45, 7) is 3.92. The molecule has 1 aliphatic carbocycles. The van der Waals surface area contributed by atoms with Gasteiger partial charge in [0, 0.05) is 0 Å². The van der Waals surface area contributed by atoms with Crippen molar-refractivity contribution >= 4 is 11.9 Å². The van der Waals surface area contributed by atoms with E-state index >= 15 is 0 Å². The Bertz CT molecular complexity index is 318. The predicted molar refractivity (Wildman–Crippen MR) is 73.0 cm³/mol. The zero-order valence-electron chi connectivity index (χ0n) is 12.0. The van der Waals surface area contributed by atoms with E-state index in [1.165, 1.54) is 6.42 Å². The molecule has 0 amide bonds. The molecule has 0 aromatic rings. The van der Waals surface area contributed by atoms with Crippen molar-refractivity contribution in [2.45, 2.75) is 65.2 Å².